The van der Waals surface area contributed by atoms with E-state index in [1.165, 1.54) is 23.9 Å². The Morgan fingerprint density at radius 1 is 0.545 bits per heavy atom. The van der Waals surface area contributed by atoms with Gasteiger partial charge in [0.1, 0.15) is 51.5 Å². The third-order valence-electron chi connectivity index (χ3n) is 17.9. The van der Waals surface area contributed by atoms with Gasteiger partial charge in [0.2, 0.25) is 11.3 Å². The molecule has 3 aliphatic rings. The molecule has 1 saturated heterocycles. The lowest BCUT2D eigenvalue weighted by molar-refractivity contribution is -0.0500. The van der Waals surface area contributed by atoms with Crippen LogP contribution in [0.15, 0.2) is 145 Å². The van der Waals surface area contributed by atoms with Crippen molar-refractivity contribution in [2.75, 3.05) is 0 Å². The van der Waals surface area contributed by atoms with Gasteiger partial charge in [-0.05, 0) is 210 Å². The molecule has 0 bridgehead atoms. The SMILES string of the molecule is CC1(C)C=C(c2coc3cc(-c4ccc(-c5cn[nH]c5)cc4O)nnc23)CC(C)(C)N1.CC1(C)CC(n2nnc3cc(-c4ccc(-c5ccc(OC(F)F)cn5)cc4O)nnc32)CC(C)(C)N1.CCc1cc(-c2ccc(-c3cc4nnn(C5=CC(C)(C)NC(C)(C)C5)c4nn3)c(O)c2)ccn1. The summed E-state index contributed by atoms with van der Waals surface area (Å²) in [4.78, 5) is 8.48. The Balaban J connectivity index is 0.000000136. The Labute approximate surface area is 581 Å². The van der Waals surface area contributed by atoms with Crippen molar-refractivity contribution in [1.82, 2.24) is 96.7 Å². The number of halogens is 2. The van der Waals surface area contributed by atoms with Crippen molar-refractivity contribution in [1.29, 1.82) is 0 Å². The summed E-state index contributed by atoms with van der Waals surface area (Å²) >= 11 is 0. The lowest BCUT2D eigenvalue weighted by atomic mass is 9.79. The molecule has 12 aromatic rings. The Hall–Kier alpha value is -10.8. The third kappa shape index (κ3) is 15.2. The molecule has 15 rings (SSSR count). The molecule has 0 unspecified atom stereocenters. The number of phenols is 3. The van der Waals surface area contributed by atoms with Crippen LogP contribution in [0.1, 0.15) is 133 Å². The van der Waals surface area contributed by atoms with Crippen LogP contribution >= 0.6 is 0 Å². The number of hydrogen-bond acceptors (Lipinski definition) is 21. The first kappa shape index (κ1) is 68.7. The molecule has 520 valence electrons. The van der Waals surface area contributed by atoms with Crippen LogP contribution in [0.4, 0.5) is 8.78 Å². The van der Waals surface area contributed by atoms with Gasteiger partial charge in [0.05, 0.1) is 35.5 Å². The first-order chi connectivity index (χ1) is 47.8. The summed E-state index contributed by atoms with van der Waals surface area (Å²) < 4.78 is 38.5. The lowest BCUT2D eigenvalue weighted by Gasteiger charge is -2.46. The Bertz CT molecular complexity index is 5120. The Morgan fingerprint density at radius 2 is 1.12 bits per heavy atom. The van der Waals surface area contributed by atoms with Crippen LogP contribution in [0, 0.1) is 0 Å². The second-order valence-corrected chi connectivity index (χ2v) is 29.9. The number of benzene rings is 3. The highest BCUT2D eigenvalue weighted by atomic mass is 19.3. The monoisotopic (exact) mass is 1370 g/mol. The van der Waals surface area contributed by atoms with Crippen molar-refractivity contribution >= 4 is 44.7 Å². The van der Waals surface area contributed by atoms with E-state index < -0.39 is 6.61 Å². The number of nitrogens with one attached hydrogen (secondary N) is 4. The van der Waals surface area contributed by atoms with Gasteiger partial charge in [0.25, 0.3) is 0 Å². The molecule has 9 aromatic heterocycles. The smallest absolute Gasteiger partial charge is 0.387 e. The first-order valence-electron chi connectivity index (χ1n) is 33.5. The number of aromatic nitrogens is 16. The molecule has 0 aliphatic carbocycles. The van der Waals surface area contributed by atoms with Crippen LogP contribution < -0.4 is 20.7 Å². The number of phenolic OH excluding ortho intramolecular Hbond substituents is 3. The summed E-state index contributed by atoms with van der Waals surface area (Å²) in [6.07, 6.45) is 16.9. The van der Waals surface area contributed by atoms with E-state index in [4.69, 9.17) is 4.42 Å². The summed E-state index contributed by atoms with van der Waals surface area (Å²) in [7, 11) is 0. The zero-order valence-electron chi connectivity index (χ0n) is 58.6. The molecule has 3 aromatic carbocycles. The number of H-pyrrole nitrogens is 1. The van der Waals surface area contributed by atoms with E-state index >= 15 is 0 Å². The van der Waals surface area contributed by atoms with Gasteiger partial charge < -0.3 is 40.4 Å². The highest BCUT2D eigenvalue weighted by Crippen LogP contribution is 2.42. The van der Waals surface area contributed by atoms with Crippen molar-refractivity contribution < 1.29 is 33.3 Å². The maximum Gasteiger partial charge on any atom is 0.387 e. The predicted molar refractivity (Wildman–Crippen MR) is 383 cm³/mol. The average Bonchev–Trinajstić information content (AvgIpc) is 1.71. The summed E-state index contributed by atoms with van der Waals surface area (Å²) in [5, 5.41) is 93.7. The molecule has 101 heavy (non-hydrogen) atoms. The van der Waals surface area contributed by atoms with Gasteiger partial charge in [-0.3, -0.25) is 15.1 Å². The maximum atomic E-state index is 12.4. The van der Waals surface area contributed by atoms with E-state index in [1.807, 2.05) is 53.2 Å². The summed E-state index contributed by atoms with van der Waals surface area (Å²) in [5.74, 6) is 0.203. The standard InChI is InChI=1S/C26H29N7O.C25H27F2N7O2.C24H25N5O2/c1-6-18-11-17(9-10-27-18)16-7-8-20(23(34)12-16)21-13-22-24(30-28-21)33(32-29-22)19-14-25(2,3)31-26(4,5)15-19;1-24(2)11-15(12-25(3,4)32-24)34-22-20(30-33-34)10-19(29-31-22)17-7-5-14(9-21(17)35)18-8-6-16(13-28-18)36-23(26)27;1-23(2)9-15(10-24(3,4)29-23)18-13-31-21-8-19(27-28-22(18)21)17-6-5-14(7-20(17)30)16-11-25-26-12-16/h7-14,31,34H,6,15H2,1-5H3;5-10,13,15,23,32,35H,11-12H2,1-4H3;5-9,11-13,29-30H,10H2,1-4H3,(H,25,26). The summed E-state index contributed by atoms with van der Waals surface area (Å²) in [5.41, 5.74) is 15.5. The zero-order chi connectivity index (χ0) is 71.6. The Morgan fingerprint density at radius 3 is 1.71 bits per heavy atom. The Kier molecular flexibility index (Phi) is 17.9. The molecule has 24 nitrogen and oxygen atoms in total. The molecule has 1 fully saturated rings. The van der Waals surface area contributed by atoms with Crippen LogP contribution in [0.25, 0.3) is 112 Å². The van der Waals surface area contributed by atoms with Gasteiger partial charge >= 0.3 is 6.61 Å². The highest BCUT2D eigenvalue weighted by molar-refractivity contribution is 5.91. The number of rotatable bonds is 12. The highest BCUT2D eigenvalue weighted by Gasteiger charge is 2.40. The van der Waals surface area contributed by atoms with Gasteiger partial charge in [0, 0.05) is 103 Å². The van der Waals surface area contributed by atoms with Crippen LogP contribution in [-0.2, 0) is 6.42 Å². The maximum absolute atomic E-state index is 12.4. The van der Waals surface area contributed by atoms with Gasteiger partial charge in [-0.25, -0.2) is 4.68 Å². The minimum Gasteiger partial charge on any atom is -0.507 e. The largest absolute Gasteiger partial charge is 0.507 e. The van der Waals surface area contributed by atoms with Gasteiger partial charge in [-0.15, -0.1) is 40.8 Å². The van der Waals surface area contributed by atoms with Gasteiger partial charge in [0.15, 0.2) is 5.58 Å². The minimum absolute atomic E-state index is 0.0231. The number of ether oxygens (including phenoxy) is 1. The number of nitrogens with zero attached hydrogens (tertiary/aromatic N) is 15. The molecule has 0 saturated carbocycles. The number of aromatic hydroxyl groups is 3. The van der Waals surface area contributed by atoms with Gasteiger partial charge in [-0.2, -0.15) is 18.6 Å². The predicted octanol–water partition coefficient (Wildman–Crippen LogP) is 14.3. The molecular formula is C75H81F2N19O5. The van der Waals surface area contributed by atoms with Crippen molar-refractivity contribution in [2.45, 2.75) is 168 Å². The second kappa shape index (κ2) is 26.4. The van der Waals surface area contributed by atoms with Crippen LogP contribution in [0.5, 0.6) is 23.0 Å². The van der Waals surface area contributed by atoms with Gasteiger partial charge in [-0.1, -0.05) is 41.6 Å². The van der Waals surface area contributed by atoms with Crippen LogP contribution in [0.2, 0.25) is 0 Å². The topological polar surface area (TPSA) is 312 Å². The fourth-order valence-electron chi connectivity index (χ4n) is 14.7. The van der Waals surface area contributed by atoms with E-state index in [1.54, 1.807) is 65.9 Å². The number of furan rings is 1. The van der Waals surface area contributed by atoms with Crippen LogP contribution in [0.3, 0.4) is 0 Å². The summed E-state index contributed by atoms with van der Waals surface area (Å²) in [6, 6.07) is 28.5. The molecule has 0 amide bonds. The molecule has 0 spiro atoms. The summed E-state index contributed by atoms with van der Waals surface area (Å²) in [6.45, 7) is 25.2. The quantitative estimate of drug-likeness (QED) is 0.0598. The number of fused-ring (bicyclic) bond motifs is 3. The minimum atomic E-state index is -2.92. The fourth-order valence-corrected chi connectivity index (χ4v) is 14.7. The second-order valence-electron chi connectivity index (χ2n) is 29.9. The van der Waals surface area contributed by atoms with Crippen molar-refractivity contribution in [3.05, 3.63) is 152 Å². The molecule has 0 atom stereocenters. The van der Waals surface area contributed by atoms with Crippen molar-refractivity contribution in [3.63, 3.8) is 0 Å². The van der Waals surface area contributed by atoms with E-state index in [0.717, 1.165) is 76.8 Å². The van der Waals surface area contributed by atoms with Crippen molar-refractivity contribution in [2.24, 2.45) is 0 Å². The van der Waals surface area contributed by atoms with Crippen molar-refractivity contribution in [3.8, 4) is 90.3 Å². The fraction of sp³-hybridized carbons (Fsp3) is 0.347. The van der Waals surface area contributed by atoms with E-state index in [9.17, 15) is 24.1 Å². The number of aromatic amines is 1. The number of alkyl halides is 2. The van der Waals surface area contributed by atoms with E-state index in [2.05, 4.69) is 194 Å². The molecular weight excluding hydrogens is 1280 g/mol. The van der Waals surface area contributed by atoms with E-state index in [0.29, 0.717) is 72.9 Å². The lowest BCUT2D eigenvalue weighted by Crippen LogP contribution is -2.58. The average molecular weight is 1370 g/mol. The normalized spacial score (nSPS) is 17.4. The number of piperidine rings is 1. The van der Waals surface area contributed by atoms with Crippen LogP contribution in [-0.4, -0.2) is 136 Å². The molecule has 3 aliphatic heterocycles. The molecule has 26 heteroatoms. The number of hydrogen-bond donors (Lipinski definition) is 7. The molecule has 7 N–H and O–H groups in total. The zero-order valence-corrected chi connectivity index (χ0v) is 58.6. The molecule has 12 heterocycles. The molecule has 0 radical (unpaired) electrons. The van der Waals surface area contributed by atoms with E-state index in [-0.39, 0.29) is 62.3 Å². The first-order valence-corrected chi connectivity index (χ1v) is 33.5. The number of aryl methyl sites for hydroxylation is 1. The third-order valence-corrected chi connectivity index (χ3v) is 17.9. The number of pyridine rings is 2.